The van der Waals surface area contributed by atoms with Gasteiger partial charge in [0.25, 0.3) is 0 Å². The fraction of sp³-hybridized carbons (Fsp3) is 0.647. The maximum atomic E-state index is 8.39. The highest BCUT2D eigenvalue weighted by Gasteiger charge is 2.18. The van der Waals surface area contributed by atoms with Gasteiger partial charge in [0.15, 0.2) is 0 Å². The molecule has 0 aliphatic carbocycles. The molecule has 0 N–H and O–H groups in total. The molecule has 1 fully saturated rings. The minimum atomic E-state index is 0.484. The molecule has 0 spiro atoms. The predicted octanol–water partition coefficient (Wildman–Crippen LogP) is 4.90. The summed E-state index contributed by atoms with van der Waals surface area (Å²) in [6.07, 6.45) is 2.17. The van der Waals surface area contributed by atoms with Crippen molar-refractivity contribution in [2.45, 2.75) is 33.2 Å². The lowest BCUT2D eigenvalue weighted by atomic mass is 9.97. The number of nitrogens with zero attached hydrogens (tertiary/aromatic N) is 4. The fourth-order valence-corrected chi connectivity index (χ4v) is 3.01. The number of likely N-dealkylation sites (tertiary alicyclic amines) is 1. The monoisotopic (exact) mass is 336 g/mol. The molecule has 6 heteroatoms. The van der Waals surface area contributed by atoms with Crippen molar-refractivity contribution in [2.75, 3.05) is 26.2 Å². The summed E-state index contributed by atoms with van der Waals surface area (Å²) in [7, 11) is 0. The van der Waals surface area contributed by atoms with E-state index in [1.165, 1.54) is 5.56 Å². The number of benzene rings is 1. The maximum absolute atomic E-state index is 8.39. The van der Waals surface area contributed by atoms with E-state index in [1.807, 2.05) is 12.1 Å². The smallest absolute Gasteiger partial charge is 0.137 e. The summed E-state index contributed by atoms with van der Waals surface area (Å²) in [5.74, 6) is 1.77. The Kier molecular flexibility index (Phi) is 7.03. The van der Waals surface area contributed by atoms with Gasteiger partial charge >= 0.3 is 0 Å². The van der Waals surface area contributed by atoms with Gasteiger partial charge in [-0.25, -0.2) is 0 Å². The number of halogens is 1. The van der Waals surface area contributed by atoms with E-state index in [4.69, 9.17) is 21.9 Å². The molecule has 1 saturated heterocycles. The minimum absolute atomic E-state index is 0.484. The topological polar surface area (TPSA) is 61.2 Å². The highest BCUT2D eigenvalue weighted by atomic mass is 35.5. The second-order valence-corrected chi connectivity index (χ2v) is 7.01. The molecule has 1 aliphatic heterocycles. The Hall–Kier alpha value is -1.42. The summed E-state index contributed by atoms with van der Waals surface area (Å²) in [6, 6.07) is 6.06. The van der Waals surface area contributed by atoms with E-state index in [0.717, 1.165) is 38.2 Å². The number of azide groups is 1. The summed E-state index contributed by atoms with van der Waals surface area (Å²) in [5, 5.41) is 4.37. The summed E-state index contributed by atoms with van der Waals surface area (Å²) < 4.78 is 5.71. The number of piperidine rings is 1. The van der Waals surface area contributed by atoms with E-state index in [1.54, 1.807) is 0 Å². The molecule has 2 rings (SSSR count). The molecule has 1 aliphatic rings. The Bertz CT molecular complexity index is 550. The van der Waals surface area contributed by atoms with Crippen molar-refractivity contribution in [3.8, 4) is 5.75 Å². The van der Waals surface area contributed by atoms with Gasteiger partial charge in [-0.3, -0.25) is 4.90 Å². The van der Waals surface area contributed by atoms with Crippen molar-refractivity contribution < 1.29 is 4.74 Å². The zero-order valence-electron chi connectivity index (χ0n) is 13.9. The third kappa shape index (κ3) is 5.94. The number of hydrogen-bond donors (Lipinski definition) is 0. The first kappa shape index (κ1) is 17.9. The Morgan fingerprint density at radius 1 is 1.39 bits per heavy atom. The van der Waals surface area contributed by atoms with Crippen LogP contribution in [0.4, 0.5) is 0 Å². The lowest BCUT2D eigenvalue weighted by Gasteiger charge is -2.31. The second-order valence-electron chi connectivity index (χ2n) is 6.60. The molecule has 0 aromatic heterocycles. The first-order valence-electron chi connectivity index (χ1n) is 8.23. The summed E-state index contributed by atoms with van der Waals surface area (Å²) in [5.41, 5.74) is 9.59. The number of ether oxygens (including phenoxy) is 1. The summed E-state index contributed by atoms with van der Waals surface area (Å²) >= 11 is 6.32. The molecule has 0 unspecified atom stereocenters. The maximum Gasteiger partial charge on any atom is 0.137 e. The Morgan fingerprint density at radius 3 is 2.74 bits per heavy atom. The molecule has 0 saturated carbocycles. The van der Waals surface area contributed by atoms with Gasteiger partial charge in [-0.15, -0.1) is 0 Å². The van der Waals surface area contributed by atoms with Crippen molar-refractivity contribution >= 4 is 11.6 Å². The molecule has 1 heterocycles. The van der Waals surface area contributed by atoms with Gasteiger partial charge in [0.05, 0.1) is 11.6 Å². The predicted molar refractivity (Wildman–Crippen MR) is 93.8 cm³/mol. The zero-order valence-corrected chi connectivity index (χ0v) is 14.7. The van der Waals surface area contributed by atoms with Gasteiger partial charge < -0.3 is 4.74 Å². The van der Waals surface area contributed by atoms with Gasteiger partial charge in [-0.1, -0.05) is 36.6 Å². The Morgan fingerprint density at radius 2 is 2.13 bits per heavy atom. The van der Waals surface area contributed by atoms with Crippen molar-refractivity contribution in [2.24, 2.45) is 17.0 Å². The van der Waals surface area contributed by atoms with E-state index in [2.05, 4.69) is 34.8 Å². The zero-order chi connectivity index (χ0) is 16.7. The molecular weight excluding hydrogens is 312 g/mol. The minimum Gasteiger partial charge on any atom is -0.492 e. The van der Waals surface area contributed by atoms with Gasteiger partial charge in [-0.05, 0) is 61.0 Å². The average Bonchev–Trinajstić information content (AvgIpc) is 2.53. The van der Waals surface area contributed by atoms with E-state index < -0.39 is 0 Å². The van der Waals surface area contributed by atoms with Crippen molar-refractivity contribution in [3.63, 3.8) is 0 Å². The molecule has 0 atom stereocenters. The number of rotatable bonds is 7. The van der Waals surface area contributed by atoms with Crippen LogP contribution in [0.1, 0.15) is 32.3 Å². The molecule has 0 amide bonds. The summed E-state index contributed by atoms with van der Waals surface area (Å²) in [6.45, 7) is 8.51. The molecule has 1 aromatic rings. The van der Waals surface area contributed by atoms with Crippen LogP contribution in [-0.4, -0.2) is 31.1 Å². The lowest BCUT2D eigenvalue weighted by molar-refractivity contribution is 0.180. The van der Waals surface area contributed by atoms with Crippen molar-refractivity contribution in [1.82, 2.24) is 4.90 Å². The van der Waals surface area contributed by atoms with Crippen molar-refractivity contribution in [3.05, 3.63) is 39.2 Å². The summed E-state index contributed by atoms with van der Waals surface area (Å²) in [4.78, 5) is 5.27. The SMILES string of the molecule is CC(C)COc1ccc(CN2CCC(CN=[N+]=[N-])CC2)cc1Cl. The van der Waals surface area contributed by atoms with Crippen LogP contribution in [0.5, 0.6) is 5.75 Å². The van der Waals surface area contributed by atoms with Crippen molar-refractivity contribution in [1.29, 1.82) is 0 Å². The highest BCUT2D eigenvalue weighted by molar-refractivity contribution is 6.32. The van der Waals surface area contributed by atoms with Crippen LogP contribution >= 0.6 is 11.6 Å². The molecule has 5 nitrogen and oxygen atoms in total. The molecule has 23 heavy (non-hydrogen) atoms. The standard InChI is InChI=1S/C17H25ClN4O/c1-13(2)12-23-17-4-3-15(9-16(17)18)11-22-7-5-14(6-8-22)10-20-21-19/h3-4,9,13-14H,5-8,10-12H2,1-2H3. The van der Waals surface area contributed by atoms with E-state index >= 15 is 0 Å². The van der Waals surface area contributed by atoms with Gasteiger partial charge in [0, 0.05) is 18.0 Å². The highest BCUT2D eigenvalue weighted by Crippen LogP contribution is 2.27. The quantitative estimate of drug-likeness (QED) is 0.404. The third-order valence-electron chi connectivity index (χ3n) is 4.08. The normalized spacial score (nSPS) is 16.3. The largest absolute Gasteiger partial charge is 0.492 e. The second kappa shape index (κ2) is 9.02. The first-order chi connectivity index (χ1) is 11.1. The van der Waals surface area contributed by atoms with Crippen LogP contribution in [0, 0.1) is 11.8 Å². The number of hydrogen-bond acceptors (Lipinski definition) is 3. The van der Waals surface area contributed by atoms with Gasteiger partial charge in [-0.2, -0.15) is 0 Å². The van der Waals surface area contributed by atoms with Gasteiger partial charge in [0.1, 0.15) is 5.75 Å². The molecule has 1 aromatic carbocycles. The Balaban J connectivity index is 1.84. The third-order valence-corrected chi connectivity index (χ3v) is 4.38. The lowest BCUT2D eigenvalue weighted by Crippen LogP contribution is -2.34. The molecule has 126 valence electrons. The van der Waals surface area contributed by atoms with E-state index in [9.17, 15) is 0 Å². The van der Waals surface area contributed by atoms with E-state index in [0.29, 0.717) is 30.0 Å². The van der Waals surface area contributed by atoms with Crippen LogP contribution in [-0.2, 0) is 6.54 Å². The van der Waals surface area contributed by atoms with Crippen LogP contribution in [0.2, 0.25) is 5.02 Å². The van der Waals surface area contributed by atoms with Crippen LogP contribution in [0.3, 0.4) is 0 Å². The molecule has 0 bridgehead atoms. The van der Waals surface area contributed by atoms with Crippen LogP contribution < -0.4 is 4.74 Å². The van der Waals surface area contributed by atoms with E-state index in [-0.39, 0.29) is 0 Å². The van der Waals surface area contributed by atoms with Crippen LogP contribution in [0.25, 0.3) is 10.4 Å². The molecular formula is C17H25ClN4O. The van der Waals surface area contributed by atoms with Gasteiger partial charge in [0.2, 0.25) is 0 Å². The Labute approximate surface area is 143 Å². The average molecular weight is 337 g/mol. The fourth-order valence-electron chi connectivity index (χ4n) is 2.75. The molecule has 0 radical (unpaired) electrons. The first-order valence-corrected chi connectivity index (χ1v) is 8.60. The van der Waals surface area contributed by atoms with Crippen LogP contribution in [0.15, 0.2) is 23.3 Å².